The highest BCUT2D eigenvalue weighted by atomic mass is 14.9. The molecule has 2 aromatic rings. The number of unbranched alkanes of at least 4 members (excludes halogenated alkanes) is 4. The highest BCUT2D eigenvalue weighted by molar-refractivity contribution is 5.65. The van der Waals surface area contributed by atoms with E-state index >= 15 is 0 Å². The zero-order valence-electron chi connectivity index (χ0n) is 20.4. The lowest BCUT2D eigenvalue weighted by Crippen LogP contribution is -2.19. The van der Waals surface area contributed by atoms with Gasteiger partial charge in [0.25, 0.3) is 0 Å². The Morgan fingerprint density at radius 3 is 2.31 bits per heavy atom. The van der Waals surface area contributed by atoms with Crippen LogP contribution in [0.5, 0.6) is 0 Å². The van der Waals surface area contributed by atoms with E-state index in [1.54, 1.807) is 0 Å². The zero-order chi connectivity index (χ0) is 22.8. The molecule has 0 radical (unpaired) electrons. The van der Waals surface area contributed by atoms with Crippen LogP contribution in [0.2, 0.25) is 0 Å². The highest BCUT2D eigenvalue weighted by Crippen LogP contribution is 2.39. The van der Waals surface area contributed by atoms with Crippen LogP contribution in [0.25, 0.3) is 11.4 Å². The molecular formula is C29H41N3. The van der Waals surface area contributed by atoms with Crippen LogP contribution in [0.1, 0.15) is 114 Å². The number of aryl methyl sites for hydroxylation is 1. The van der Waals surface area contributed by atoms with Crippen molar-refractivity contribution in [2.24, 2.45) is 11.8 Å². The largest absolute Gasteiger partial charge is 0.236 e. The molecule has 3 nitrogen and oxygen atoms in total. The Hall–Kier alpha value is -2.21. The average molecular weight is 432 g/mol. The molecule has 0 aliphatic heterocycles. The monoisotopic (exact) mass is 431 g/mol. The Morgan fingerprint density at radius 1 is 0.969 bits per heavy atom. The van der Waals surface area contributed by atoms with E-state index in [1.165, 1.54) is 81.8 Å². The second-order valence-corrected chi connectivity index (χ2v) is 9.85. The quantitative estimate of drug-likeness (QED) is 0.337. The second kappa shape index (κ2) is 12.7. The summed E-state index contributed by atoms with van der Waals surface area (Å²) in [5.74, 6) is 2.84. The van der Waals surface area contributed by atoms with Crippen LogP contribution in [-0.2, 0) is 6.42 Å². The Morgan fingerprint density at radius 2 is 1.66 bits per heavy atom. The van der Waals surface area contributed by atoms with Crippen molar-refractivity contribution in [3.05, 3.63) is 47.3 Å². The van der Waals surface area contributed by atoms with Crippen LogP contribution in [0.15, 0.2) is 30.6 Å². The molecule has 3 rings (SSSR count). The number of nitrogens with zero attached hydrogens (tertiary/aromatic N) is 3. The molecule has 0 spiro atoms. The molecule has 1 fully saturated rings. The summed E-state index contributed by atoms with van der Waals surface area (Å²) >= 11 is 0. The van der Waals surface area contributed by atoms with Crippen molar-refractivity contribution in [3.8, 4) is 17.5 Å². The highest BCUT2D eigenvalue weighted by Gasteiger charge is 2.26. The van der Waals surface area contributed by atoms with E-state index in [9.17, 15) is 5.26 Å². The van der Waals surface area contributed by atoms with Crippen molar-refractivity contribution in [3.63, 3.8) is 0 Å². The molecule has 0 N–H and O–H groups in total. The van der Waals surface area contributed by atoms with Gasteiger partial charge in [-0.2, -0.15) is 5.26 Å². The van der Waals surface area contributed by atoms with Gasteiger partial charge in [0.2, 0.25) is 0 Å². The van der Waals surface area contributed by atoms with E-state index in [0.717, 1.165) is 23.8 Å². The molecule has 1 saturated carbocycles. The van der Waals surface area contributed by atoms with Crippen LogP contribution in [0.4, 0.5) is 0 Å². The summed E-state index contributed by atoms with van der Waals surface area (Å²) in [5.41, 5.74) is 3.99. The molecule has 172 valence electrons. The van der Waals surface area contributed by atoms with E-state index in [1.807, 2.05) is 24.5 Å². The van der Waals surface area contributed by atoms with Gasteiger partial charge in [-0.15, -0.1) is 0 Å². The maximum absolute atomic E-state index is 9.67. The first-order chi connectivity index (χ1) is 15.7. The van der Waals surface area contributed by atoms with Crippen LogP contribution in [0.3, 0.4) is 0 Å². The molecule has 1 aromatic carbocycles. The number of rotatable bonds is 11. The summed E-state index contributed by atoms with van der Waals surface area (Å²) < 4.78 is 0. The van der Waals surface area contributed by atoms with Gasteiger partial charge in [0.05, 0.1) is 11.6 Å². The Balaban J connectivity index is 1.61. The summed E-state index contributed by atoms with van der Waals surface area (Å²) in [5, 5.41) is 9.67. The third-order valence-corrected chi connectivity index (χ3v) is 7.53. The van der Waals surface area contributed by atoms with Crippen molar-refractivity contribution < 1.29 is 0 Å². The Labute approximate surface area is 195 Å². The minimum atomic E-state index is 0.497. The lowest BCUT2D eigenvalue weighted by atomic mass is 9.73. The fraction of sp³-hybridized carbons (Fsp3) is 0.621. The van der Waals surface area contributed by atoms with Gasteiger partial charge >= 0.3 is 0 Å². The van der Waals surface area contributed by atoms with Crippen LogP contribution in [0, 0.1) is 23.2 Å². The first-order valence-corrected chi connectivity index (χ1v) is 13.0. The molecule has 32 heavy (non-hydrogen) atoms. The molecule has 1 aliphatic carbocycles. The molecule has 1 unspecified atom stereocenters. The SMILES string of the molecule is CCCCCc1ccc(-c2ncc(C(C)C3CCC(CCCCC)CC3)cn2)c(C#N)c1. The first kappa shape index (κ1) is 24.4. The number of benzene rings is 1. The fourth-order valence-electron chi connectivity index (χ4n) is 5.26. The number of nitriles is 1. The second-order valence-electron chi connectivity index (χ2n) is 9.85. The maximum Gasteiger partial charge on any atom is 0.160 e. The molecule has 1 aliphatic rings. The van der Waals surface area contributed by atoms with Crippen molar-refractivity contribution in [2.75, 3.05) is 0 Å². The Bertz CT molecular complexity index is 857. The molecular weight excluding hydrogens is 390 g/mol. The number of aromatic nitrogens is 2. The Kier molecular flexibility index (Phi) is 9.72. The average Bonchev–Trinajstić information content (AvgIpc) is 2.84. The van der Waals surface area contributed by atoms with E-state index in [2.05, 4.69) is 42.9 Å². The summed E-state index contributed by atoms with van der Waals surface area (Å²) in [6.45, 7) is 6.84. The molecule has 0 amide bonds. The van der Waals surface area contributed by atoms with Gasteiger partial charge in [0, 0.05) is 18.0 Å². The zero-order valence-corrected chi connectivity index (χ0v) is 20.4. The summed E-state index contributed by atoms with van der Waals surface area (Å²) in [6.07, 6.45) is 19.6. The van der Waals surface area contributed by atoms with E-state index in [4.69, 9.17) is 0 Å². The minimum Gasteiger partial charge on any atom is -0.236 e. The lowest BCUT2D eigenvalue weighted by molar-refractivity contribution is 0.236. The minimum absolute atomic E-state index is 0.497. The van der Waals surface area contributed by atoms with Gasteiger partial charge in [-0.1, -0.05) is 78.2 Å². The summed E-state index contributed by atoms with van der Waals surface area (Å²) in [7, 11) is 0. The molecule has 1 heterocycles. The van der Waals surface area contributed by atoms with Crippen LogP contribution in [-0.4, -0.2) is 9.97 Å². The topological polar surface area (TPSA) is 49.6 Å². The third-order valence-electron chi connectivity index (χ3n) is 7.53. The third kappa shape index (κ3) is 6.64. The van der Waals surface area contributed by atoms with Crippen molar-refractivity contribution >= 4 is 0 Å². The van der Waals surface area contributed by atoms with Gasteiger partial charge < -0.3 is 0 Å². The van der Waals surface area contributed by atoms with E-state index in [-0.39, 0.29) is 0 Å². The maximum atomic E-state index is 9.67. The van der Waals surface area contributed by atoms with Crippen molar-refractivity contribution in [1.82, 2.24) is 9.97 Å². The van der Waals surface area contributed by atoms with E-state index in [0.29, 0.717) is 17.3 Å². The standard InChI is InChI=1S/C29H41N3/c1-4-6-8-10-23-12-15-25(16-13-23)22(3)27-20-31-29(32-21-27)28-17-14-24(11-9-7-5-2)18-26(28)19-30/h14,17-18,20-23,25H,4-13,15-16H2,1-3H3. The molecule has 0 saturated heterocycles. The van der Waals surface area contributed by atoms with Gasteiger partial charge in [-0.05, 0) is 66.7 Å². The molecule has 0 bridgehead atoms. The lowest BCUT2D eigenvalue weighted by Gasteiger charge is -2.32. The van der Waals surface area contributed by atoms with Crippen LogP contribution >= 0.6 is 0 Å². The number of hydrogen-bond donors (Lipinski definition) is 0. The smallest absolute Gasteiger partial charge is 0.160 e. The normalized spacial score (nSPS) is 19.4. The fourth-order valence-corrected chi connectivity index (χ4v) is 5.26. The summed E-state index contributed by atoms with van der Waals surface area (Å²) in [6, 6.07) is 8.53. The molecule has 1 aromatic heterocycles. The van der Waals surface area contributed by atoms with Crippen molar-refractivity contribution in [2.45, 2.75) is 104 Å². The predicted molar refractivity (Wildman–Crippen MR) is 133 cm³/mol. The van der Waals surface area contributed by atoms with Gasteiger partial charge in [0.15, 0.2) is 5.82 Å². The molecule has 3 heteroatoms. The first-order valence-electron chi connectivity index (χ1n) is 13.0. The molecule has 1 atom stereocenters. The van der Waals surface area contributed by atoms with E-state index < -0.39 is 0 Å². The van der Waals surface area contributed by atoms with Gasteiger partial charge in [-0.3, -0.25) is 0 Å². The predicted octanol–water partition coefficient (Wildman–Crippen LogP) is 8.24. The van der Waals surface area contributed by atoms with Crippen molar-refractivity contribution in [1.29, 1.82) is 5.26 Å². The number of hydrogen-bond acceptors (Lipinski definition) is 3. The summed E-state index contributed by atoms with van der Waals surface area (Å²) in [4.78, 5) is 9.36. The van der Waals surface area contributed by atoms with Gasteiger partial charge in [0.1, 0.15) is 0 Å². The van der Waals surface area contributed by atoms with Crippen LogP contribution < -0.4 is 0 Å². The van der Waals surface area contributed by atoms with Gasteiger partial charge in [-0.25, -0.2) is 9.97 Å².